The maximum atomic E-state index is 12.7. The third-order valence-corrected chi connectivity index (χ3v) is 5.47. The summed E-state index contributed by atoms with van der Waals surface area (Å²) in [7, 11) is 3.02. The van der Waals surface area contributed by atoms with Crippen molar-refractivity contribution in [1.29, 1.82) is 0 Å². The van der Waals surface area contributed by atoms with Crippen LogP contribution in [-0.2, 0) is 6.42 Å². The number of hydrogen-bond donors (Lipinski definition) is 1. The number of anilines is 1. The molecule has 1 N–H and O–H groups in total. The summed E-state index contributed by atoms with van der Waals surface area (Å²) in [6.45, 7) is 0. The molecule has 1 atom stereocenters. The fraction of sp³-hybridized carbons (Fsp3) is 0.217. The fourth-order valence-electron chi connectivity index (χ4n) is 3.59. The van der Waals surface area contributed by atoms with Gasteiger partial charge in [0.1, 0.15) is 11.5 Å². The number of methoxy groups -OCH3 is 2. The summed E-state index contributed by atoms with van der Waals surface area (Å²) in [6.07, 6.45) is 2.43. The molecular formula is C23H20ClN3O4. The molecule has 1 amide bonds. The van der Waals surface area contributed by atoms with Crippen molar-refractivity contribution in [2.75, 3.05) is 19.5 Å². The van der Waals surface area contributed by atoms with Gasteiger partial charge >= 0.3 is 0 Å². The Hall–Kier alpha value is -3.45. The molecule has 0 fully saturated rings. The number of benzene rings is 2. The summed E-state index contributed by atoms with van der Waals surface area (Å²) in [6, 6.07) is 12.3. The van der Waals surface area contributed by atoms with E-state index in [2.05, 4.69) is 15.3 Å². The Morgan fingerprint density at radius 3 is 2.39 bits per heavy atom. The van der Waals surface area contributed by atoms with Crippen molar-refractivity contribution in [3.8, 4) is 11.5 Å². The standard InChI is InChI=1S/C23H20ClN3O4/c1-30-17-7-15(8-18(11-17)31-2)22(29)27-23-25-12-19-20(26-23)9-14(10-21(19)28)13-3-5-16(24)6-4-13/h3-8,11-12,14H,9-10H2,1-2H3,(H,25,26,27,29)/t14-/m1/s1. The van der Waals surface area contributed by atoms with Crippen LogP contribution >= 0.6 is 11.6 Å². The molecule has 0 saturated carbocycles. The molecule has 7 nitrogen and oxygen atoms in total. The van der Waals surface area contributed by atoms with E-state index in [4.69, 9.17) is 21.1 Å². The first-order valence-electron chi connectivity index (χ1n) is 9.66. The molecule has 158 valence electrons. The maximum absolute atomic E-state index is 12.7. The number of aromatic nitrogens is 2. The van der Waals surface area contributed by atoms with Crippen LogP contribution in [0.3, 0.4) is 0 Å². The number of halogens is 1. The summed E-state index contributed by atoms with van der Waals surface area (Å²) in [5, 5.41) is 3.33. The number of amides is 1. The van der Waals surface area contributed by atoms with E-state index >= 15 is 0 Å². The van der Waals surface area contributed by atoms with Crippen LogP contribution in [0, 0.1) is 0 Å². The molecule has 0 bridgehead atoms. The first-order chi connectivity index (χ1) is 15.0. The lowest BCUT2D eigenvalue weighted by Crippen LogP contribution is -2.22. The molecule has 0 radical (unpaired) electrons. The third kappa shape index (κ3) is 4.51. The first kappa shape index (κ1) is 20.8. The molecule has 1 aromatic heterocycles. The zero-order valence-electron chi connectivity index (χ0n) is 17.0. The van der Waals surface area contributed by atoms with Crippen molar-refractivity contribution in [3.63, 3.8) is 0 Å². The molecule has 1 aliphatic carbocycles. The number of nitrogens with zero attached hydrogens (tertiary/aromatic N) is 2. The van der Waals surface area contributed by atoms with Crippen molar-refractivity contribution < 1.29 is 19.1 Å². The van der Waals surface area contributed by atoms with Gasteiger partial charge in [-0.3, -0.25) is 14.9 Å². The highest BCUT2D eigenvalue weighted by Crippen LogP contribution is 2.32. The number of ketones is 1. The fourth-order valence-corrected chi connectivity index (χ4v) is 3.71. The van der Waals surface area contributed by atoms with Gasteiger partial charge in [-0.05, 0) is 42.2 Å². The molecule has 0 aliphatic heterocycles. The summed E-state index contributed by atoms with van der Waals surface area (Å²) < 4.78 is 10.4. The van der Waals surface area contributed by atoms with Crippen LogP contribution in [0.25, 0.3) is 0 Å². The van der Waals surface area contributed by atoms with Crippen molar-refractivity contribution in [3.05, 3.63) is 76.1 Å². The molecular weight excluding hydrogens is 418 g/mol. The van der Waals surface area contributed by atoms with Crippen molar-refractivity contribution in [2.24, 2.45) is 0 Å². The summed E-state index contributed by atoms with van der Waals surface area (Å²) in [4.78, 5) is 33.9. The molecule has 1 heterocycles. The van der Waals surface area contributed by atoms with Crippen LogP contribution in [-0.4, -0.2) is 35.9 Å². The number of Topliss-reactive ketones (excluding diaryl/α,β-unsaturated/α-hetero) is 1. The smallest absolute Gasteiger partial charge is 0.258 e. The number of ether oxygens (including phenoxy) is 2. The van der Waals surface area contributed by atoms with Crippen molar-refractivity contribution in [2.45, 2.75) is 18.8 Å². The van der Waals surface area contributed by atoms with Crippen LogP contribution in [0.15, 0.2) is 48.7 Å². The number of carbonyl (C=O) groups is 2. The number of carbonyl (C=O) groups excluding carboxylic acids is 2. The lowest BCUT2D eigenvalue weighted by atomic mass is 9.82. The van der Waals surface area contributed by atoms with Gasteiger partial charge < -0.3 is 9.47 Å². The molecule has 0 saturated heterocycles. The summed E-state index contributed by atoms with van der Waals surface area (Å²) >= 11 is 5.97. The topological polar surface area (TPSA) is 90.4 Å². The second kappa shape index (κ2) is 8.73. The predicted octanol–water partition coefficient (Wildman–Crippen LogP) is 4.31. The van der Waals surface area contributed by atoms with E-state index in [-0.39, 0.29) is 17.6 Å². The third-order valence-electron chi connectivity index (χ3n) is 5.22. The minimum atomic E-state index is -0.409. The molecule has 0 spiro atoms. The van der Waals surface area contributed by atoms with Gasteiger partial charge in [-0.1, -0.05) is 23.7 Å². The monoisotopic (exact) mass is 437 g/mol. The zero-order chi connectivity index (χ0) is 22.0. The molecule has 8 heteroatoms. The van der Waals surface area contributed by atoms with Crippen LogP contribution < -0.4 is 14.8 Å². The van der Waals surface area contributed by atoms with Crippen LogP contribution in [0.2, 0.25) is 5.02 Å². The zero-order valence-corrected chi connectivity index (χ0v) is 17.8. The molecule has 3 aromatic rings. The van der Waals surface area contributed by atoms with Gasteiger partial charge in [0, 0.05) is 29.3 Å². The van der Waals surface area contributed by atoms with Crippen LogP contribution in [0.4, 0.5) is 5.95 Å². The highest BCUT2D eigenvalue weighted by atomic mass is 35.5. The van der Waals surface area contributed by atoms with Gasteiger partial charge in [-0.25, -0.2) is 9.97 Å². The Morgan fingerprint density at radius 1 is 1.06 bits per heavy atom. The van der Waals surface area contributed by atoms with Crippen molar-refractivity contribution in [1.82, 2.24) is 9.97 Å². The average Bonchev–Trinajstić information content (AvgIpc) is 2.78. The quantitative estimate of drug-likeness (QED) is 0.639. The number of rotatable bonds is 5. The number of nitrogens with one attached hydrogen (secondary N) is 1. The Morgan fingerprint density at radius 2 is 1.74 bits per heavy atom. The van der Waals surface area contributed by atoms with Gasteiger partial charge in [0.05, 0.1) is 25.5 Å². The Kier molecular flexibility index (Phi) is 5.86. The van der Waals surface area contributed by atoms with Crippen molar-refractivity contribution >= 4 is 29.2 Å². The molecule has 2 aromatic carbocycles. The molecule has 4 rings (SSSR count). The highest BCUT2D eigenvalue weighted by Gasteiger charge is 2.28. The lowest BCUT2D eigenvalue weighted by Gasteiger charge is -2.23. The summed E-state index contributed by atoms with van der Waals surface area (Å²) in [5.41, 5.74) is 2.47. The van der Waals surface area contributed by atoms with Gasteiger partial charge in [0.2, 0.25) is 5.95 Å². The van der Waals surface area contributed by atoms with E-state index in [0.717, 1.165) is 5.56 Å². The lowest BCUT2D eigenvalue weighted by molar-refractivity contribution is 0.0962. The van der Waals surface area contributed by atoms with E-state index in [1.165, 1.54) is 20.4 Å². The molecule has 0 unspecified atom stereocenters. The Bertz CT molecular complexity index is 1130. The van der Waals surface area contributed by atoms with E-state index in [9.17, 15) is 9.59 Å². The van der Waals surface area contributed by atoms with Crippen LogP contribution in [0.1, 0.15) is 44.3 Å². The normalized spacial score (nSPS) is 15.2. The van der Waals surface area contributed by atoms with Gasteiger partial charge in [-0.2, -0.15) is 0 Å². The van der Waals surface area contributed by atoms with Gasteiger partial charge in [-0.15, -0.1) is 0 Å². The molecule has 31 heavy (non-hydrogen) atoms. The summed E-state index contributed by atoms with van der Waals surface area (Å²) in [5.74, 6) is 0.693. The Labute approximate surface area is 184 Å². The predicted molar refractivity (Wildman–Crippen MR) is 116 cm³/mol. The second-order valence-corrected chi connectivity index (χ2v) is 7.63. The Balaban J connectivity index is 1.57. The van der Waals surface area contributed by atoms with E-state index in [0.29, 0.717) is 46.2 Å². The van der Waals surface area contributed by atoms with E-state index in [1.807, 2.05) is 24.3 Å². The minimum absolute atomic E-state index is 0.00151. The molecule has 1 aliphatic rings. The largest absolute Gasteiger partial charge is 0.497 e. The first-order valence-corrected chi connectivity index (χ1v) is 10.0. The van der Waals surface area contributed by atoms with Gasteiger partial charge in [0.15, 0.2) is 5.78 Å². The van der Waals surface area contributed by atoms with Gasteiger partial charge in [0.25, 0.3) is 5.91 Å². The number of fused-ring (bicyclic) bond motifs is 1. The highest BCUT2D eigenvalue weighted by molar-refractivity contribution is 6.30. The maximum Gasteiger partial charge on any atom is 0.258 e. The number of hydrogen-bond acceptors (Lipinski definition) is 6. The SMILES string of the molecule is COc1cc(OC)cc(C(=O)Nc2ncc3c(n2)C[C@@H](c2ccc(Cl)cc2)CC3=O)c1. The minimum Gasteiger partial charge on any atom is -0.497 e. The van der Waals surface area contributed by atoms with Crippen LogP contribution in [0.5, 0.6) is 11.5 Å². The van der Waals surface area contributed by atoms with E-state index < -0.39 is 5.91 Å². The average molecular weight is 438 g/mol. The second-order valence-electron chi connectivity index (χ2n) is 7.19. The van der Waals surface area contributed by atoms with E-state index in [1.54, 1.807) is 18.2 Å².